The highest BCUT2D eigenvalue weighted by Gasteiger charge is 2.36. The lowest BCUT2D eigenvalue weighted by molar-refractivity contribution is -0.117. The molecular formula is C10H6FN5O. The molecule has 0 aromatic heterocycles. The predicted molar refractivity (Wildman–Crippen MR) is 58.5 cm³/mol. The van der Waals surface area contributed by atoms with Crippen molar-refractivity contribution in [3.05, 3.63) is 30.1 Å². The zero-order valence-electron chi connectivity index (χ0n) is 8.49. The molecule has 2 aliphatic heterocycles. The molecule has 1 aromatic rings. The van der Waals surface area contributed by atoms with Crippen LogP contribution in [0, 0.1) is 5.82 Å². The molecule has 0 saturated heterocycles. The van der Waals surface area contributed by atoms with Gasteiger partial charge in [-0.05, 0) is 18.2 Å². The van der Waals surface area contributed by atoms with Gasteiger partial charge in [0.25, 0.3) is 5.91 Å². The van der Waals surface area contributed by atoms with Crippen LogP contribution in [-0.4, -0.2) is 24.1 Å². The number of anilines is 1. The summed E-state index contributed by atoms with van der Waals surface area (Å²) in [5.74, 6) is -0.467. The Morgan fingerprint density at radius 1 is 1.35 bits per heavy atom. The van der Waals surface area contributed by atoms with E-state index in [2.05, 4.69) is 20.3 Å². The third-order valence-corrected chi connectivity index (χ3v) is 2.38. The first-order chi connectivity index (χ1) is 8.25. The number of aliphatic imine (C=N–C) groups is 2. The Bertz CT molecular complexity index is 580. The Morgan fingerprint density at radius 3 is 3.06 bits per heavy atom. The van der Waals surface area contributed by atoms with Crippen LogP contribution in [-0.2, 0) is 4.79 Å². The highest BCUT2D eigenvalue weighted by Crippen LogP contribution is 2.24. The fourth-order valence-corrected chi connectivity index (χ4v) is 1.61. The number of amidine groups is 1. The molecule has 17 heavy (non-hydrogen) atoms. The summed E-state index contributed by atoms with van der Waals surface area (Å²) in [6, 6.07) is 5.02. The van der Waals surface area contributed by atoms with Gasteiger partial charge in [-0.1, -0.05) is 11.3 Å². The predicted octanol–water partition coefficient (Wildman–Crippen LogP) is 1.35. The number of carbonyl (C=O) groups is 1. The molecule has 1 aromatic carbocycles. The van der Waals surface area contributed by atoms with Crippen molar-refractivity contribution in [2.45, 2.75) is 6.04 Å². The number of hydrogen-bond donors (Lipinski definition) is 0. The molecule has 0 spiro atoms. The van der Waals surface area contributed by atoms with E-state index in [1.54, 1.807) is 12.1 Å². The molecule has 0 radical (unpaired) electrons. The van der Waals surface area contributed by atoms with E-state index in [1.165, 1.54) is 17.1 Å². The standard InChI is InChI=1S/C10H6FN5O/c11-6-2-1-3-7(4-6)16-9-8(14-15-16)10(17)13-5-12-9/h1-5,8H. The number of halogens is 1. The minimum absolute atomic E-state index is 0.343. The number of rotatable bonds is 1. The van der Waals surface area contributed by atoms with Gasteiger partial charge in [0.05, 0.1) is 5.69 Å². The summed E-state index contributed by atoms with van der Waals surface area (Å²) in [5.41, 5.74) is 0.470. The molecular weight excluding hydrogens is 225 g/mol. The molecule has 1 atom stereocenters. The van der Waals surface area contributed by atoms with Crippen LogP contribution >= 0.6 is 0 Å². The number of fused-ring (bicyclic) bond motifs is 1. The Kier molecular flexibility index (Phi) is 2.04. The first-order valence-electron chi connectivity index (χ1n) is 4.86. The van der Waals surface area contributed by atoms with E-state index >= 15 is 0 Å². The average molecular weight is 231 g/mol. The zero-order valence-corrected chi connectivity index (χ0v) is 8.49. The van der Waals surface area contributed by atoms with Crippen molar-refractivity contribution in [3.8, 4) is 0 Å². The minimum atomic E-state index is -0.803. The molecule has 0 bridgehead atoms. The molecule has 2 aliphatic rings. The number of carbonyl (C=O) groups excluding carboxylic acids is 1. The number of hydrogen-bond acceptors (Lipinski definition) is 5. The van der Waals surface area contributed by atoms with Gasteiger partial charge in [0.1, 0.15) is 12.2 Å². The van der Waals surface area contributed by atoms with Gasteiger partial charge < -0.3 is 0 Å². The van der Waals surface area contributed by atoms with Gasteiger partial charge in [-0.3, -0.25) is 4.79 Å². The SMILES string of the molecule is O=C1N=CN=C2C1N=NN2c1cccc(F)c1. The molecule has 0 aliphatic carbocycles. The van der Waals surface area contributed by atoms with E-state index in [1.807, 2.05) is 0 Å². The maximum Gasteiger partial charge on any atom is 0.281 e. The first kappa shape index (κ1) is 9.76. The molecule has 0 saturated carbocycles. The second-order valence-electron chi connectivity index (χ2n) is 3.47. The highest BCUT2D eigenvalue weighted by molar-refractivity contribution is 6.20. The zero-order chi connectivity index (χ0) is 11.8. The normalized spacial score (nSPS) is 21.7. The number of amides is 1. The highest BCUT2D eigenvalue weighted by atomic mass is 19.1. The summed E-state index contributed by atoms with van der Waals surface area (Å²) < 4.78 is 13.1. The Balaban J connectivity index is 2.01. The molecule has 1 unspecified atom stereocenters. The Hall–Kier alpha value is -2.44. The summed E-state index contributed by atoms with van der Waals surface area (Å²) in [5, 5.41) is 8.89. The van der Waals surface area contributed by atoms with Crippen LogP contribution in [0.1, 0.15) is 0 Å². The molecule has 0 N–H and O–H groups in total. The van der Waals surface area contributed by atoms with E-state index in [0.717, 1.165) is 6.34 Å². The van der Waals surface area contributed by atoms with Crippen molar-refractivity contribution in [3.63, 3.8) is 0 Å². The molecule has 3 rings (SSSR count). The molecule has 84 valence electrons. The van der Waals surface area contributed by atoms with Crippen molar-refractivity contribution < 1.29 is 9.18 Å². The fraction of sp³-hybridized carbons (Fsp3) is 0.100. The molecule has 2 heterocycles. The Labute approximate surface area is 95.2 Å². The summed E-state index contributed by atoms with van der Waals surface area (Å²) in [6.45, 7) is 0. The quantitative estimate of drug-likeness (QED) is 0.731. The van der Waals surface area contributed by atoms with E-state index in [-0.39, 0.29) is 0 Å². The van der Waals surface area contributed by atoms with Gasteiger partial charge in [-0.25, -0.2) is 9.38 Å². The summed E-state index contributed by atoms with van der Waals surface area (Å²) in [4.78, 5) is 18.8. The second kappa shape index (κ2) is 3.55. The third kappa shape index (κ3) is 1.52. The van der Waals surface area contributed by atoms with Gasteiger partial charge >= 0.3 is 0 Å². The van der Waals surface area contributed by atoms with Crippen molar-refractivity contribution in [2.75, 3.05) is 5.01 Å². The molecule has 1 amide bonds. The van der Waals surface area contributed by atoms with Crippen molar-refractivity contribution in [2.24, 2.45) is 20.3 Å². The molecule has 0 fully saturated rings. The fourth-order valence-electron chi connectivity index (χ4n) is 1.61. The van der Waals surface area contributed by atoms with E-state index in [4.69, 9.17) is 0 Å². The van der Waals surface area contributed by atoms with Crippen LogP contribution in [0.25, 0.3) is 0 Å². The maximum atomic E-state index is 13.1. The average Bonchev–Trinajstić information content (AvgIpc) is 2.74. The lowest BCUT2D eigenvalue weighted by atomic mass is 10.2. The molecule has 7 heteroatoms. The summed E-state index contributed by atoms with van der Waals surface area (Å²) >= 11 is 0. The monoisotopic (exact) mass is 231 g/mol. The van der Waals surface area contributed by atoms with Gasteiger partial charge in [-0.15, -0.1) is 5.11 Å². The number of benzene rings is 1. The smallest absolute Gasteiger partial charge is 0.269 e. The van der Waals surface area contributed by atoms with Crippen molar-refractivity contribution >= 4 is 23.8 Å². The van der Waals surface area contributed by atoms with Crippen LogP contribution in [0.4, 0.5) is 10.1 Å². The van der Waals surface area contributed by atoms with E-state index < -0.39 is 17.8 Å². The second-order valence-corrected chi connectivity index (χ2v) is 3.47. The van der Waals surface area contributed by atoms with Gasteiger partial charge in [0, 0.05) is 0 Å². The van der Waals surface area contributed by atoms with Gasteiger partial charge in [0.2, 0.25) is 6.04 Å². The van der Waals surface area contributed by atoms with Crippen LogP contribution < -0.4 is 5.01 Å². The number of nitrogens with zero attached hydrogens (tertiary/aromatic N) is 5. The summed E-state index contributed by atoms with van der Waals surface area (Å²) in [6.07, 6.45) is 1.15. The van der Waals surface area contributed by atoms with Crippen LogP contribution in [0.15, 0.2) is 44.6 Å². The first-order valence-corrected chi connectivity index (χ1v) is 4.86. The van der Waals surface area contributed by atoms with E-state index in [9.17, 15) is 9.18 Å². The largest absolute Gasteiger partial charge is 0.281 e. The third-order valence-electron chi connectivity index (χ3n) is 2.38. The topological polar surface area (TPSA) is 69.7 Å². The lowest BCUT2D eigenvalue weighted by Gasteiger charge is -2.15. The lowest BCUT2D eigenvalue weighted by Crippen LogP contribution is -2.35. The summed E-state index contributed by atoms with van der Waals surface area (Å²) in [7, 11) is 0. The van der Waals surface area contributed by atoms with Crippen LogP contribution in [0.2, 0.25) is 0 Å². The molecule has 6 nitrogen and oxygen atoms in total. The van der Waals surface area contributed by atoms with Crippen molar-refractivity contribution in [1.29, 1.82) is 0 Å². The van der Waals surface area contributed by atoms with Gasteiger partial charge in [0.15, 0.2) is 5.84 Å². The van der Waals surface area contributed by atoms with Crippen LogP contribution in [0.3, 0.4) is 0 Å². The van der Waals surface area contributed by atoms with Gasteiger partial charge in [-0.2, -0.15) is 10.0 Å². The van der Waals surface area contributed by atoms with E-state index in [0.29, 0.717) is 11.5 Å². The van der Waals surface area contributed by atoms with Crippen LogP contribution in [0.5, 0.6) is 0 Å². The minimum Gasteiger partial charge on any atom is -0.269 e. The Morgan fingerprint density at radius 2 is 2.24 bits per heavy atom. The maximum absolute atomic E-state index is 13.1. The van der Waals surface area contributed by atoms with Crippen molar-refractivity contribution in [1.82, 2.24) is 0 Å².